The molecule has 0 aliphatic carbocycles. The molecule has 0 aliphatic rings. The van der Waals surface area contributed by atoms with E-state index in [0.29, 0.717) is 11.1 Å². The van der Waals surface area contributed by atoms with E-state index in [4.69, 9.17) is 5.11 Å². The van der Waals surface area contributed by atoms with Gasteiger partial charge in [-0.15, -0.1) is 0 Å². The number of hydrogen-bond donors (Lipinski definition) is 3. The third-order valence-electron chi connectivity index (χ3n) is 2.91. The minimum atomic E-state index is -0.816. The van der Waals surface area contributed by atoms with Crippen molar-refractivity contribution in [2.75, 3.05) is 18.5 Å². The van der Waals surface area contributed by atoms with Crippen molar-refractivity contribution in [2.24, 2.45) is 0 Å². The standard InChI is InChI=1S/C16H17NO3/c18-11-15(19)10-17-14-8-4-7-13(9-14)16(20)12-5-2-1-3-6-12/h1-9,15,17-19H,10-11H2. The quantitative estimate of drug-likeness (QED) is 0.699. The molecule has 2 rings (SSSR count). The second-order valence-corrected chi connectivity index (χ2v) is 4.49. The average Bonchev–Trinajstić information content (AvgIpc) is 2.53. The third kappa shape index (κ3) is 3.66. The Morgan fingerprint density at radius 3 is 2.45 bits per heavy atom. The highest BCUT2D eigenvalue weighted by Crippen LogP contribution is 2.14. The maximum Gasteiger partial charge on any atom is 0.193 e. The van der Waals surface area contributed by atoms with Gasteiger partial charge in [0.25, 0.3) is 0 Å². The van der Waals surface area contributed by atoms with Crippen molar-refractivity contribution in [1.82, 2.24) is 0 Å². The fourth-order valence-corrected chi connectivity index (χ4v) is 1.83. The van der Waals surface area contributed by atoms with E-state index in [1.807, 2.05) is 24.3 Å². The van der Waals surface area contributed by atoms with E-state index >= 15 is 0 Å². The van der Waals surface area contributed by atoms with Crippen molar-refractivity contribution in [3.05, 3.63) is 65.7 Å². The van der Waals surface area contributed by atoms with E-state index in [2.05, 4.69) is 5.32 Å². The predicted molar refractivity (Wildman–Crippen MR) is 77.9 cm³/mol. The molecule has 1 unspecified atom stereocenters. The van der Waals surface area contributed by atoms with Crippen LogP contribution in [0.4, 0.5) is 5.69 Å². The second-order valence-electron chi connectivity index (χ2n) is 4.49. The number of carbonyl (C=O) groups is 1. The summed E-state index contributed by atoms with van der Waals surface area (Å²) in [6.45, 7) is -0.0604. The smallest absolute Gasteiger partial charge is 0.193 e. The Hall–Kier alpha value is -2.17. The molecule has 0 amide bonds. The Morgan fingerprint density at radius 2 is 1.75 bits per heavy atom. The molecule has 0 fully saturated rings. The van der Waals surface area contributed by atoms with Crippen LogP contribution in [-0.2, 0) is 0 Å². The SMILES string of the molecule is O=C(c1ccccc1)c1cccc(NCC(O)CO)c1. The molecule has 0 heterocycles. The van der Waals surface area contributed by atoms with Gasteiger partial charge in [-0.25, -0.2) is 0 Å². The van der Waals surface area contributed by atoms with Crippen LogP contribution in [0.1, 0.15) is 15.9 Å². The first-order valence-corrected chi connectivity index (χ1v) is 6.43. The Kier molecular flexibility index (Phi) is 4.87. The van der Waals surface area contributed by atoms with Gasteiger partial charge in [0, 0.05) is 23.4 Å². The monoisotopic (exact) mass is 271 g/mol. The van der Waals surface area contributed by atoms with Gasteiger partial charge < -0.3 is 15.5 Å². The lowest BCUT2D eigenvalue weighted by Crippen LogP contribution is -2.23. The number of nitrogens with one attached hydrogen (secondary N) is 1. The van der Waals surface area contributed by atoms with Crippen LogP contribution in [0.2, 0.25) is 0 Å². The number of carbonyl (C=O) groups excluding carboxylic acids is 1. The molecule has 3 N–H and O–H groups in total. The molecule has 0 radical (unpaired) electrons. The molecular weight excluding hydrogens is 254 g/mol. The normalized spacial score (nSPS) is 11.9. The van der Waals surface area contributed by atoms with Crippen molar-refractivity contribution >= 4 is 11.5 Å². The van der Waals surface area contributed by atoms with Gasteiger partial charge in [-0.05, 0) is 12.1 Å². The largest absolute Gasteiger partial charge is 0.394 e. The first-order chi connectivity index (χ1) is 9.70. The lowest BCUT2D eigenvalue weighted by Gasteiger charge is -2.11. The van der Waals surface area contributed by atoms with Crippen LogP contribution in [0.5, 0.6) is 0 Å². The van der Waals surface area contributed by atoms with Gasteiger partial charge in [-0.1, -0.05) is 42.5 Å². The molecule has 0 spiro atoms. The first-order valence-electron chi connectivity index (χ1n) is 6.43. The van der Waals surface area contributed by atoms with Gasteiger partial charge in [0.15, 0.2) is 5.78 Å². The molecular formula is C16H17NO3. The van der Waals surface area contributed by atoms with Gasteiger partial charge in [0.1, 0.15) is 0 Å². The van der Waals surface area contributed by atoms with Gasteiger partial charge in [-0.2, -0.15) is 0 Å². The Balaban J connectivity index is 2.11. The maximum atomic E-state index is 12.3. The third-order valence-corrected chi connectivity index (χ3v) is 2.91. The van der Waals surface area contributed by atoms with Crippen molar-refractivity contribution in [3.63, 3.8) is 0 Å². The van der Waals surface area contributed by atoms with E-state index < -0.39 is 6.10 Å². The Bertz CT molecular complexity index is 569. The molecule has 20 heavy (non-hydrogen) atoms. The van der Waals surface area contributed by atoms with Crippen LogP contribution < -0.4 is 5.32 Å². The fraction of sp³-hybridized carbons (Fsp3) is 0.188. The summed E-state index contributed by atoms with van der Waals surface area (Å²) in [6.07, 6.45) is -0.816. The Labute approximate surface area is 117 Å². The van der Waals surface area contributed by atoms with Crippen LogP contribution in [0.15, 0.2) is 54.6 Å². The lowest BCUT2D eigenvalue weighted by molar-refractivity contribution is 0.103. The summed E-state index contributed by atoms with van der Waals surface area (Å²) in [4.78, 5) is 12.3. The topological polar surface area (TPSA) is 69.6 Å². The van der Waals surface area contributed by atoms with E-state index in [1.165, 1.54) is 0 Å². The van der Waals surface area contributed by atoms with Crippen molar-refractivity contribution in [2.45, 2.75) is 6.10 Å². The van der Waals surface area contributed by atoms with Crippen LogP contribution in [0.25, 0.3) is 0 Å². The molecule has 4 nitrogen and oxygen atoms in total. The zero-order valence-corrected chi connectivity index (χ0v) is 11.0. The number of benzene rings is 2. The predicted octanol–water partition coefficient (Wildman–Crippen LogP) is 1.68. The summed E-state index contributed by atoms with van der Waals surface area (Å²) < 4.78 is 0. The van der Waals surface area contributed by atoms with Crippen molar-refractivity contribution in [1.29, 1.82) is 0 Å². The summed E-state index contributed by atoms with van der Waals surface area (Å²) in [7, 11) is 0. The van der Waals surface area contributed by atoms with Gasteiger partial charge in [-0.3, -0.25) is 4.79 Å². The van der Waals surface area contributed by atoms with Crippen LogP contribution in [0, 0.1) is 0 Å². The van der Waals surface area contributed by atoms with Gasteiger partial charge in [0.05, 0.1) is 12.7 Å². The molecule has 0 saturated carbocycles. The maximum absolute atomic E-state index is 12.3. The zero-order valence-electron chi connectivity index (χ0n) is 11.0. The average molecular weight is 271 g/mol. The molecule has 0 aromatic heterocycles. The molecule has 0 aliphatic heterocycles. The minimum Gasteiger partial charge on any atom is -0.394 e. The molecule has 2 aromatic carbocycles. The zero-order chi connectivity index (χ0) is 14.4. The summed E-state index contributed by atoms with van der Waals surface area (Å²) in [6, 6.07) is 16.2. The van der Waals surface area contributed by atoms with E-state index in [-0.39, 0.29) is 18.9 Å². The molecule has 1 atom stereocenters. The second kappa shape index (κ2) is 6.84. The molecule has 0 saturated heterocycles. The van der Waals surface area contributed by atoms with Crippen LogP contribution >= 0.6 is 0 Å². The highest BCUT2D eigenvalue weighted by Gasteiger charge is 2.09. The van der Waals surface area contributed by atoms with Crippen LogP contribution in [-0.4, -0.2) is 35.3 Å². The number of hydrogen-bond acceptors (Lipinski definition) is 4. The fourth-order valence-electron chi connectivity index (χ4n) is 1.83. The van der Waals surface area contributed by atoms with Crippen LogP contribution in [0.3, 0.4) is 0 Å². The number of aliphatic hydroxyl groups excluding tert-OH is 2. The highest BCUT2D eigenvalue weighted by atomic mass is 16.3. The highest BCUT2D eigenvalue weighted by molar-refractivity contribution is 6.09. The van der Waals surface area contributed by atoms with Crippen molar-refractivity contribution in [3.8, 4) is 0 Å². The Morgan fingerprint density at radius 1 is 1.05 bits per heavy atom. The lowest BCUT2D eigenvalue weighted by atomic mass is 10.0. The number of rotatable bonds is 6. The molecule has 0 bridgehead atoms. The van der Waals surface area contributed by atoms with E-state index in [1.54, 1.807) is 30.3 Å². The van der Waals surface area contributed by atoms with Crippen molar-refractivity contribution < 1.29 is 15.0 Å². The van der Waals surface area contributed by atoms with Gasteiger partial charge >= 0.3 is 0 Å². The molecule has 2 aromatic rings. The number of ketones is 1. The summed E-state index contributed by atoms with van der Waals surface area (Å²) >= 11 is 0. The summed E-state index contributed by atoms with van der Waals surface area (Å²) in [5.74, 6) is -0.0445. The molecule has 104 valence electrons. The summed E-state index contributed by atoms with van der Waals surface area (Å²) in [5, 5.41) is 21.0. The number of anilines is 1. The van der Waals surface area contributed by atoms with E-state index in [0.717, 1.165) is 5.69 Å². The minimum absolute atomic E-state index is 0.0445. The molecule has 4 heteroatoms. The van der Waals surface area contributed by atoms with E-state index in [9.17, 15) is 9.90 Å². The first kappa shape index (κ1) is 14.2. The van der Waals surface area contributed by atoms with Gasteiger partial charge in [0.2, 0.25) is 0 Å². The summed E-state index contributed by atoms with van der Waals surface area (Å²) in [5.41, 5.74) is 1.96. The number of aliphatic hydroxyl groups is 2.